The van der Waals surface area contributed by atoms with Gasteiger partial charge in [0.15, 0.2) is 0 Å². The van der Waals surface area contributed by atoms with Gasteiger partial charge in [0.05, 0.1) is 24.2 Å². The van der Waals surface area contributed by atoms with Crippen molar-refractivity contribution >= 4 is 5.97 Å². The first-order chi connectivity index (χ1) is 9.01. The maximum atomic E-state index is 11.7. The van der Waals surface area contributed by atoms with Crippen molar-refractivity contribution in [3.63, 3.8) is 0 Å². The lowest BCUT2D eigenvalue weighted by molar-refractivity contribution is -0.147. The number of methoxy groups -OCH3 is 1. The van der Waals surface area contributed by atoms with Crippen LogP contribution in [0.5, 0.6) is 11.5 Å². The van der Waals surface area contributed by atoms with E-state index in [2.05, 4.69) is 0 Å². The summed E-state index contributed by atoms with van der Waals surface area (Å²) in [6.45, 7) is 3.86. The average Bonchev–Trinajstić information content (AvgIpc) is 2.28. The highest BCUT2D eigenvalue weighted by molar-refractivity contribution is 5.85. The van der Waals surface area contributed by atoms with Crippen molar-refractivity contribution in [2.24, 2.45) is 0 Å². The fourth-order valence-electron chi connectivity index (χ4n) is 2.61. The first-order valence-electron chi connectivity index (χ1n) is 6.59. The molecule has 0 bridgehead atoms. The normalized spacial score (nSPS) is 16.8. The Balaban J connectivity index is 2.55. The lowest BCUT2D eigenvalue weighted by atomic mass is 9.64. The second-order valence-electron chi connectivity index (χ2n) is 5.24. The van der Waals surface area contributed by atoms with Crippen molar-refractivity contribution in [2.45, 2.75) is 44.6 Å². The van der Waals surface area contributed by atoms with E-state index in [0.717, 1.165) is 6.42 Å². The SMILES string of the molecule is COc1cccc(OC(C)C)c1C1(C(=O)O)CCC1. The second-order valence-corrected chi connectivity index (χ2v) is 5.24. The molecular weight excluding hydrogens is 244 g/mol. The van der Waals surface area contributed by atoms with Crippen LogP contribution < -0.4 is 9.47 Å². The summed E-state index contributed by atoms with van der Waals surface area (Å²) in [5.41, 5.74) is -0.165. The topological polar surface area (TPSA) is 55.8 Å². The van der Waals surface area contributed by atoms with E-state index in [0.29, 0.717) is 29.9 Å². The molecule has 0 saturated heterocycles. The van der Waals surface area contributed by atoms with Gasteiger partial charge in [-0.05, 0) is 38.8 Å². The van der Waals surface area contributed by atoms with Gasteiger partial charge in [-0.15, -0.1) is 0 Å². The summed E-state index contributed by atoms with van der Waals surface area (Å²) in [7, 11) is 1.56. The number of hydrogen-bond donors (Lipinski definition) is 1. The molecule has 0 heterocycles. The Morgan fingerprint density at radius 3 is 2.37 bits per heavy atom. The van der Waals surface area contributed by atoms with Gasteiger partial charge in [0, 0.05) is 0 Å². The Morgan fingerprint density at radius 1 is 1.32 bits per heavy atom. The van der Waals surface area contributed by atoms with E-state index in [1.807, 2.05) is 26.0 Å². The molecule has 104 valence electrons. The third-order valence-corrected chi connectivity index (χ3v) is 3.67. The van der Waals surface area contributed by atoms with Gasteiger partial charge in [0.2, 0.25) is 0 Å². The molecular formula is C15H20O4. The molecule has 1 aromatic rings. The number of hydrogen-bond acceptors (Lipinski definition) is 3. The maximum absolute atomic E-state index is 11.7. The number of carboxylic acids is 1. The Hall–Kier alpha value is -1.71. The molecule has 0 spiro atoms. The molecule has 1 aliphatic carbocycles. The zero-order valence-corrected chi connectivity index (χ0v) is 11.6. The van der Waals surface area contributed by atoms with Gasteiger partial charge in [-0.2, -0.15) is 0 Å². The minimum atomic E-state index is -0.850. The summed E-state index contributed by atoms with van der Waals surface area (Å²) >= 11 is 0. The maximum Gasteiger partial charge on any atom is 0.314 e. The summed E-state index contributed by atoms with van der Waals surface area (Å²) < 4.78 is 11.1. The van der Waals surface area contributed by atoms with Gasteiger partial charge in [-0.3, -0.25) is 4.79 Å². The van der Waals surface area contributed by atoms with Crippen LogP contribution in [0.3, 0.4) is 0 Å². The highest BCUT2D eigenvalue weighted by Crippen LogP contribution is 2.51. The fourth-order valence-corrected chi connectivity index (χ4v) is 2.61. The molecule has 1 saturated carbocycles. The molecule has 0 aliphatic heterocycles. The summed E-state index contributed by atoms with van der Waals surface area (Å²) in [4.78, 5) is 11.7. The quantitative estimate of drug-likeness (QED) is 0.888. The zero-order chi connectivity index (χ0) is 14.0. The van der Waals surface area contributed by atoms with Crippen molar-refractivity contribution < 1.29 is 19.4 Å². The molecule has 1 N–H and O–H groups in total. The molecule has 1 aliphatic rings. The summed E-state index contributed by atoms with van der Waals surface area (Å²) in [6.07, 6.45) is 2.19. The van der Waals surface area contributed by atoms with Crippen LogP contribution >= 0.6 is 0 Å². The van der Waals surface area contributed by atoms with E-state index in [9.17, 15) is 9.90 Å². The molecule has 4 heteroatoms. The third kappa shape index (κ3) is 2.27. The fraction of sp³-hybridized carbons (Fsp3) is 0.533. The third-order valence-electron chi connectivity index (χ3n) is 3.67. The number of ether oxygens (including phenoxy) is 2. The van der Waals surface area contributed by atoms with Crippen LogP contribution in [0.4, 0.5) is 0 Å². The van der Waals surface area contributed by atoms with Gasteiger partial charge >= 0.3 is 5.97 Å². The molecule has 1 fully saturated rings. The average molecular weight is 264 g/mol. The molecule has 0 radical (unpaired) electrons. The lowest BCUT2D eigenvalue weighted by Crippen LogP contribution is -2.43. The predicted octanol–water partition coefficient (Wildman–Crippen LogP) is 2.99. The van der Waals surface area contributed by atoms with E-state index in [1.54, 1.807) is 13.2 Å². The van der Waals surface area contributed by atoms with Gasteiger partial charge in [0.25, 0.3) is 0 Å². The molecule has 4 nitrogen and oxygen atoms in total. The molecule has 19 heavy (non-hydrogen) atoms. The largest absolute Gasteiger partial charge is 0.496 e. The second kappa shape index (κ2) is 5.11. The standard InChI is InChI=1S/C15H20O4/c1-10(2)19-12-7-4-6-11(18-3)13(12)15(14(16)17)8-5-9-15/h4,6-7,10H,5,8-9H2,1-3H3,(H,16,17). The van der Waals surface area contributed by atoms with Crippen molar-refractivity contribution in [1.29, 1.82) is 0 Å². The Bertz CT molecular complexity index is 475. The summed E-state index contributed by atoms with van der Waals surface area (Å²) in [5.74, 6) is 0.425. The van der Waals surface area contributed by atoms with Crippen LogP contribution in [0.25, 0.3) is 0 Å². The molecule has 0 aromatic heterocycles. The van der Waals surface area contributed by atoms with E-state index in [-0.39, 0.29) is 6.10 Å². The summed E-state index contributed by atoms with van der Waals surface area (Å²) in [6, 6.07) is 5.45. The Kier molecular flexibility index (Phi) is 3.69. The predicted molar refractivity (Wildman–Crippen MR) is 71.9 cm³/mol. The van der Waals surface area contributed by atoms with Crippen LogP contribution in [-0.4, -0.2) is 24.3 Å². The van der Waals surface area contributed by atoms with Crippen LogP contribution in [-0.2, 0) is 10.2 Å². The highest BCUT2D eigenvalue weighted by Gasteiger charge is 2.49. The first kappa shape index (κ1) is 13.7. The van der Waals surface area contributed by atoms with E-state index in [1.165, 1.54) is 0 Å². The molecule has 1 aromatic carbocycles. The van der Waals surface area contributed by atoms with Crippen LogP contribution in [0.2, 0.25) is 0 Å². The first-order valence-corrected chi connectivity index (χ1v) is 6.59. The molecule has 0 amide bonds. The number of carbonyl (C=O) groups is 1. The van der Waals surface area contributed by atoms with Crippen LogP contribution in [0.15, 0.2) is 18.2 Å². The van der Waals surface area contributed by atoms with Crippen molar-refractivity contribution in [2.75, 3.05) is 7.11 Å². The van der Waals surface area contributed by atoms with Crippen LogP contribution in [0, 0.1) is 0 Å². The van der Waals surface area contributed by atoms with Crippen molar-refractivity contribution in [3.8, 4) is 11.5 Å². The van der Waals surface area contributed by atoms with Gasteiger partial charge in [-0.25, -0.2) is 0 Å². The Labute approximate surface area is 113 Å². The van der Waals surface area contributed by atoms with E-state index < -0.39 is 11.4 Å². The lowest BCUT2D eigenvalue weighted by Gasteiger charge is -2.39. The monoisotopic (exact) mass is 264 g/mol. The van der Waals surface area contributed by atoms with Gasteiger partial charge in [0.1, 0.15) is 11.5 Å². The zero-order valence-electron chi connectivity index (χ0n) is 11.6. The Morgan fingerprint density at radius 2 is 1.95 bits per heavy atom. The molecule has 2 rings (SSSR count). The smallest absolute Gasteiger partial charge is 0.314 e. The number of benzene rings is 1. The number of carboxylic acid groups (broad SMARTS) is 1. The van der Waals surface area contributed by atoms with E-state index in [4.69, 9.17) is 9.47 Å². The van der Waals surface area contributed by atoms with Crippen molar-refractivity contribution in [3.05, 3.63) is 23.8 Å². The molecule has 0 atom stereocenters. The highest BCUT2D eigenvalue weighted by atomic mass is 16.5. The minimum absolute atomic E-state index is 0.00298. The number of rotatable bonds is 5. The molecule has 0 unspecified atom stereocenters. The van der Waals surface area contributed by atoms with E-state index >= 15 is 0 Å². The van der Waals surface area contributed by atoms with Gasteiger partial charge in [-0.1, -0.05) is 12.5 Å². The van der Waals surface area contributed by atoms with Crippen molar-refractivity contribution in [1.82, 2.24) is 0 Å². The number of aliphatic carboxylic acids is 1. The minimum Gasteiger partial charge on any atom is -0.496 e. The van der Waals surface area contributed by atoms with Crippen LogP contribution in [0.1, 0.15) is 38.7 Å². The van der Waals surface area contributed by atoms with Gasteiger partial charge < -0.3 is 14.6 Å². The summed E-state index contributed by atoms with van der Waals surface area (Å²) in [5, 5.41) is 9.60.